The zero-order chi connectivity index (χ0) is 9.35. The highest BCUT2D eigenvalue weighted by molar-refractivity contribution is 5.72. The second-order valence-corrected chi connectivity index (χ2v) is 3.88. The summed E-state index contributed by atoms with van der Waals surface area (Å²) in [4.78, 5) is 10.0. The maximum Gasteiger partial charge on any atom is 0.308 e. The van der Waals surface area contributed by atoms with Crippen molar-refractivity contribution in [3.05, 3.63) is 12.3 Å². The van der Waals surface area contributed by atoms with Gasteiger partial charge < -0.3 is 5.11 Å². The lowest BCUT2D eigenvalue weighted by Crippen LogP contribution is -2.18. The van der Waals surface area contributed by atoms with Crippen LogP contribution in [0.5, 0.6) is 0 Å². The number of nitrogens with zero attached hydrogens (tertiary/aromatic N) is 1. The fraction of sp³-hybridized carbons (Fsp3) is 0.625. The molecular formula is C8H14N2O2. The van der Waals surface area contributed by atoms with Crippen LogP contribution >= 0.6 is 0 Å². The topological polar surface area (TPSA) is 62.2 Å². The number of hydrogen-bond donors (Lipinski definition) is 2. The molecule has 0 aromatic heterocycles. The fourth-order valence-corrected chi connectivity index (χ4v) is 0.464. The lowest BCUT2D eigenvalue weighted by atomic mass is 9.98. The van der Waals surface area contributed by atoms with Crippen molar-refractivity contribution in [3.8, 4) is 0 Å². The van der Waals surface area contributed by atoms with Crippen molar-refractivity contribution in [2.24, 2.45) is 5.41 Å². The average Bonchev–Trinajstić information content (AvgIpc) is 2.37. The van der Waals surface area contributed by atoms with Crippen LogP contribution in [0.15, 0.2) is 12.3 Å². The number of fused-ring (bicyclic) bond motifs is 1. The van der Waals surface area contributed by atoms with E-state index in [0.29, 0.717) is 6.17 Å². The predicted molar refractivity (Wildman–Crippen MR) is 45.0 cm³/mol. The van der Waals surface area contributed by atoms with Gasteiger partial charge in [0.2, 0.25) is 0 Å². The number of hydrazine groups is 1. The molecule has 12 heavy (non-hydrogen) atoms. The van der Waals surface area contributed by atoms with E-state index in [9.17, 15) is 4.79 Å². The third-order valence-corrected chi connectivity index (χ3v) is 1.58. The van der Waals surface area contributed by atoms with E-state index in [1.165, 1.54) is 0 Å². The van der Waals surface area contributed by atoms with E-state index >= 15 is 0 Å². The van der Waals surface area contributed by atoms with Gasteiger partial charge in [0.1, 0.15) is 6.17 Å². The Bertz CT molecular complexity index is 208. The number of nitrogens with one attached hydrogen (secondary N) is 1. The summed E-state index contributed by atoms with van der Waals surface area (Å²) < 4.78 is 0. The van der Waals surface area contributed by atoms with Crippen LogP contribution in [0.2, 0.25) is 0 Å². The molecule has 0 bridgehead atoms. The lowest BCUT2D eigenvalue weighted by Gasteiger charge is -2.08. The summed E-state index contributed by atoms with van der Waals surface area (Å²) in [5.41, 5.74) is 2.44. The number of carbonyl (C=O) groups is 1. The minimum absolute atomic E-state index is 0.583. The van der Waals surface area contributed by atoms with Crippen molar-refractivity contribution in [2.45, 2.75) is 26.9 Å². The Morgan fingerprint density at radius 1 is 1.58 bits per heavy atom. The minimum Gasteiger partial charge on any atom is -0.481 e. The van der Waals surface area contributed by atoms with Crippen LogP contribution in [0.4, 0.5) is 0 Å². The van der Waals surface area contributed by atoms with Gasteiger partial charge in [-0.15, -0.1) is 0 Å². The Labute approximate surface area is 71.8 Å². The molecule has 1 unspecified atom stereocenters. The van der Waals surface area contributed by atoms with Gasteiger partial charge in [-0.25, -0.2) is 5.43 Å². The van der Waals surface area contributed by atoms with Gasteiger partial charge in [0.15, 0.2) is 0 Å². The third kappa shape index (κ3) is 2.23. The van der Waals surface area contributed by atoms with E-state index in [1.54, 1.807) is 20.8 Å². The zero-order valence-corrected chi connectivity index (χ0v) is 7.53. The van der Waals surface area contributed by atoms with Gasteiger partial charge >= 0.3 is 5.97 Å². The third-order valence-electron chi connectivity index (χ3n) is 1.58. The average molecular weight is 170 g/mol. The summed E-state index contributed by atoms with van der Waals surface area (Å²) in [6.45, 7) is 4.99. The van der Waals surface area contributed by atoms with Gasteiger partial charge in [-0.3, -0.25) is 9.80 Å². The number of rotatable bonds is 0. The first-order chi connectivity index (χ1) is 5.41. The number of aliphatic carboxylic acids is 1. The molecule has 1 atom stereocenters. The molecule has 2 heterocycles. The maximum absolute atomic E-state index is 10.0. The molecule has 2 rings (SSSR count). The lowest BCUT2D eigenvalue weighted by molar-refractivity contribution is -0.145. The molecule has 0 aliphatic carbocycles. The van der Waals surface area contributed by atoms with Crippen molar-refractivity contribution in [2.75, 3.05) is 0 Å². The summed E-state index contributed by atoms with van der Waals surface area (Å²) >= 11 is 0. The van der Waals surface area contributed by atoms with E-state index in [0.717, 1.165) is 0 Å². The molecule has 2 N–H and O–H groups in total. The van der Waals surface area contributed by atoms with Crippen LogP contribution in [-0.2, 0) is 4.79 Å². The normalized spacial score (nSPS) is 23.2. The molecule has 0 radical (unpaired) electrons. The summed E-state index contributed by atoms with van der Waals surface area (Å²) in [5.74, 6) is -0.757. The summed E-state index contributed by atoms with van der Waals surface area (Å²) in [6.07, 6.45) is 4.76. The van der Waals surface area contributed by atoms with Crippen molar-refractivity contribution in [1.29, 1.82) is 0 Å². The summed E-state index contributed by atoms with van der Waals surface area (Å²) in [7, 11) is 0. The zero-order valence-electron chi connectivity index (χ0n) is 7.53. The van der Waals surface area contributed by atoms with Crippen molar-refractivity contribution < 1.29 is 9.90 Å². The van der Waals surface area contributed by atoms with Crippen LogP contribution in [0, 0.1) is 5.41 Å². The SMILES string of the molecule is C1=CN2NC12.CC(C)(C)C(=O)O. The maximum atomic E-state index is 10.0. The van der Waals surface area contributed by atoms with Gasteiger partial charge in [0.05, 0.1) is 5.41 Å². The van der Waals surface area contributed by atoms with Crippen molar-refractivity contribution in [1.82, 2.24) is 10.4 Å². The molecule has 68 valence electrons. The monoisotopic (exact) mass is 170 g/mol. The van der Waals surface area contributed by atoms with E-state index in [4.69, 9.17) is 5.11 Å². The van der Waals surface area contributed by atoms with Gasteiger partial charge in [-0.05, 0) is 26.8 Å². The Morgan fingerprint density at radius 3 is 2.00 bits per heavy atom. The van der Waals surface area contributed by atoms with E-state index in [1.807, 2.05) is 11.2 Å². The highest BCUT2D eigenvalue weighted by atomic mass is 16.4. The molecular weight excluding hydrogens is 156 g/mol. The molecule has 4 nitrogen and oxygen atoms in total. The van der Waals surface area contributed by atoms with E-state index in [-0.39, 0.29) is 0 Å². The second-order valence-electron chi connectivity index (χ2n) is 3.88. The standard InChI is InChI=1S/C5H10O2.C3H4N2/c1-5(2,3)4(6)7;1-2-5-3(1)4-5/h1-3H3,(H,6,7);1-4H. The first-order valence-electron chi connectivity index (χ1n) is 3.87. The minimum atomic E-state index is -0.757. The Balaban J connectivity index is 0.000000123. The molecule has 4 heteroatoms. The first-order valence-corrected chi connectivity index (χ1v) is 3.87. The molecule has 0 aromatic rings. The quantitative estimate of drug-likeness (QED) is 0.527. The van der Waals surface area contributed by atoms with Crippen molar-refractivity contribution >= 4 is 5.97 Å². The van der Waals surface area contributed by atoms with Crippen LogP contribution in [0.25, 0.3) is 0 Å². The molecule has 2 aliphatic heterocycles. The Kier molecular flexibility index (Phi) is 2.10. The predicted octanol–water partition coefficient (Wildman–Crippen LogP) is 0.777. The van der Waals surface area contributed by atoms with Crippen LogP contribution < -0.4 is 5.43 Å². The summed E-state index contributed by atoms with van der Waals surface area (Å²) in [6, 6.07) is 0. The Hall–Kier alpha value is -1.03. The molecule has 0 spiro atoms. The van der Waals surface area contributed by atoms with Crippen LogP contribution in [-0.4, -0.2) is 22.3 Å². The largest absolute Gasteiger partial charge is 0.481 e. The molecule has 0 aromatic carbocycles. The van der Waals surface area contributed by atoms with Gasteiger partial charge in [-0.2, -0.15) is 0 Å². The molecule has 0 saturated carbocycles. The molecule has 2 aliphatic rings. The number of carboxylic acids is 1. The number of carboxylic acid groups (broad SMARTS) is 1. The highest BCUT2D eigenvalue weighted by Crippen LogP contribution is 2.19. The smallest absolute Gasteiger partial charge is 0.308 e. The first kappa shape index (κ1) is 9.06. The van der Waals surface area contributed by atoms with Gasteiger partial charge in [0, 0.05) is 6.20 Å². The molecule has 1 fully saturated rings. The van der Waals surface area contributed by atoms with E-state index in [2.05, 4.69) is 11.5 Å². The summed E-state index contributed by atoms with van der Waals surface area (Å²) in [5, 5.41) is 10.3. The van der Waals surface area contributed by atoms with Crippen LogP contribution in [0.3, 0.4) is 0 Å². The van der Waals surface area contributed by atoms with Gasteiger partial charge in [-0.1, -0.05) is 0 Å². The highest BCUT2D eigenvalue weighted by Gasteiger charge is 2.34. The van der Waals surface area contributed by atoms with Crippen molar-refractivity contribution in [3.63, 3.8) is 0 Å². The van der Waals surface area contributed by atoms with E-state index < -0.39 is 11.4 Å². The number of hydrogen-bond acceptors (Lipinski definition) is 3. The molecule has 1 saturated heterocycles. The van der Waals surface area contributed by atoms with Gasteiger partial charge in [0.25, 0.3) is 0 Å². The second kappa shape index (κ2) is 2.79. The Morgan fingerprint density at radius 2 is 2.00 bits per heavy atom. The molecule has 0 amide bonds. The van der Waals surface area contributed by atoms with Crippen LogP contribution in [0.1, 0.15) is 20.8 Å². The fourth-order valence-electron chi connectivity index (χ4n) is 0.464.